The van der Waals surface area contributed by atoms with Crippen LogP contribution in [0.3, 0.4) is 0 Å². The minimum absolute atomic E-state index is 0.194. The third kappa shape index (κ3) is 5.28. The van der Waals surface area contributed by atoms with Crippen LogP contribution < -0.4 is 10.1 Å². The average molecular weight is 394 g/mol. The van der Waals surface area contributed by atoms with Gasteiger partial charge >= 0.3 is 0 Å². The number of nitrogens with one attached hydrogen (secondary N) is 1. The fourth-order valence-electron chi connectivity index (χ4n) is 2.01. The number of benzene rings is 1. The molecule has 0 aliphatic heterocycles. The lowest BCUT2D eigenvalue weighted by molar-refractivity contribution is 0.0939. The molecule has 1 atom stereocenters. The highest BCUT2D eigenvalue weighted by Gasteiger charge is 2.14. The van der Waals surface area contributed by atoms with Gasteiger partial charge in [-0.1, -0.05) is 15.9 Å². The molecule has 0 saturated heterocycles. The molecule has 0 fully saturated rings. The van der Waals surface area contributed by atoms with Crippen molar-refractivity contribution < 1.29 is 14.3 Å². The van der Waals surface area contributed by atoms with E-state index in [9.17, 15) is 4.79 Å². The molecule has 1 amide bonds. The van der Waals surface area contributed by atoms with Gasteiger partial charge in [0.1, 0.15) is 18.2 Å². The topological polar surface area (TPSA) is 73.3 Å². The van der Waals surface area contributed by atoms with Gasteiger partial charge in [-0.05, 0) is 32.0 Å². The molecule has 0 radical (unpaired) electrons. The van der Waals surface area contributed by atoms with Crippen LogP contribution in [0, 0.1) is 6.92 Å². The van der Waals surface area contributed by atoms with Crippen LogP contribution in [0.5, 0.6) is 5.75 Å². The van der Waals surface area contributed by atoms with Gasteiger partial charge in [0.25, 0.3) is 5.91 Å². The summed E-state index contributed by atoms with van der Waals surface area (Å²) in [6.07, 6.45) is 3.43. The Hall–Kier alpha value is -1.99. The standard InChI is InChI=1S/C17H20BrN3O3/c1-11(14-9-19-12(2)20-10-14)21-17(22)13-6-15(18)8-16(7-13)24-5-4-23-3/h6-11H,4-5H2,1-3H3,(H,21,22). The number of aryl methyl sites for hydroxylation is 1. The van der Waals surface area contributed by atoms with E-state index in [1.165, 1.54) is 0 Å². The summed E-state index contributed by atoms with van der Waals surface area (Å²) in [5.41, 5.74) is 1.36. The van der Waals surface area contributed by atoms with E-state index in [0.29, 0.717) is 30.4 Å². The van der Waals surface area contributed by atoms with Crippen LogP contribution in [0.25, 0.3) is 0 Å². The van der Waals surface area contributed by atoms with Crippen LogP contribution in [0.1, 0.15) is 34.7 Å². The Kier molecular flexibility index (Phi) is 6.69. The zero-order valence-corrected chi connectivity index (χ0v) is 15.5. The van der Waals surface area contributed by atoms with Crippen molar-refractivity contribution in [1.82, 2.24) is 15.3 Å². The lowest BCUT2D eigenvalue weighted by Gasteiger charge is -2.15. The molecule has 0 bridgehead atoms. The molecule has 6 nitrogen and oxygen atoms in total. The number of carbonyl (C=O) groups excluding carboxylic acids is 1. The van der Waals surface area contributed by atoms with Crippen LogP contribution in [0.4, 0.5) is 0 Å². The van der Waals surface area contributed by atoms with Crippen LogP contribution in [0.2, 0.25) is 0 Å². The Morgan fingerprint density at radius 1 is 1.25 bits per heavy atom. The van der Waals surface area contributed by atoms with Gasteiger partial charge < -0.3 is 14.8 Å². The summed E-state index contributed by atoms with van der Waals surface area (Å²) >= 11 is 3.40. The molecule has 1 aromatic carbocycles. The number of halogens is 1. The van der Waals surface area contributed by atoms with Crippen molar-refractivity contribution >= 4 is 21.8 Å². The van der Waals surface area contributed by atoms with E-state index in [1.54, 1.807) is 31.6 Å². The second kappa shape index (κ2) is 8.75. The number of carbonyl (C=O) groups is 1. The molecule has 0 spiro atoms. The van der Waals surface area contributed by atoms with E-state index in [2.05, 4.69) is 31.2 Å². The highest BCUT2D eigenvalue weighted by atomic mass is 79.9. The summed E-state index contributed by atoms with van der Waals surface area (Å²) in [6, 6.07) is 5.06. The van der Waals surface area contributed by atoms with Crippen LogP contribution in [-0.4, -0.2) is 36.2 Å². The third-order valence-corrected chi connectivity index (χ3v) is 3.80. The van der Waals surface area contributed by atoms with Crippen molar-refractivity contribution in [2.24, 2.45) is 0 Å². The Morgan fingerprint density at radius 2 is 1.96 bits per heavy atom. The molecule has 24 heavy (non-hydrogen) atoms. The monoisotopic (exact) mass is 393 g/mol. The Balaban J connectivity index is 2.06. The Morgan fingerprint density at radius 3 is 2.62 bits per heavy atom. The highest BCUT2D eigenvalue weighted by Crippen LogP contribution is 2.22. The normalized spacial score (nSPS) is 11.8. The van der Waals surface area contributed by atoms with Gasteiger partial charge in [-0.25, -0.2) is 9.97 Å². The zero-order valence-electron chi connectivity index (χ0n) is 13.9. The number of ether oxygens (including phenoxy) is 2. The number of methoxy groups -OCH3 is 1. The fraction of sp³-hybridized carbons (Fsp3) is 0.353. The van der Waals surface area contributed by atoms with E-state index in [1.807, 2.05) is 19.9 Å². The van der Waals surface area contributed by atoms with E-state index in [0.717, 1.165) is 10.0 Å². The van der Waals surface area contributed by atoms with Gasteiger partial charge in [0.15, 0.2) is 0 Å². The predicted molar refractivity (Wildman–Crippen MR) is 94.2 cm³/mol. The molecule has 7 heteroatoms. The van der Waals surface area contributed by atoms with Crippen molar-refractivity contribution in [1.29, 1.82) is 0 Å². The van der Waals surface area contributed by atoms with Gasteiger partial charge in [0.05, 0.1) is 12.6 Å². The van der Waals surface area contributed by atoms with Gasteiger partial charge in [-0.3, -0.25) is 4.79 Å². The van der Waals surface area contributed by atoms with Gasteiger partial charge in [-0.2, -0.15) is 0 Å². The summed E-state index contributed by atoms with van der Waals surface area (Å²) < 4.78 is 11.3. The maximum Gasteiger partial charge on any atom is 0.251 e. The number of rotatable bonds is 7. The number of amides is 1. The predicted octanol–water partition coefficient (Wildman–Crippen LogP) is 3.06. The summed E-state index contributed by atoms with van der Waals surface area (Å²) in [7, 11) is 1.61. The first-order chi connectivity index (χ1) is 11.5. The SMILES string of the molecule is COCCOc1cc(Br)cc(C(=O)NC(C)c2cnc(C)nc2)c1. The van der Waals surface area contributed by atoms with Crippen molar-refractivity contribution in [3.05, 3.63) is 52.0 Å². The molecule has 1 N–H and O–H groups in total. The summed E-state index contributed by atoms with van der Waals surface area (Å²) in [5.74, 6) is 1.11. The van der Waals surface area contributed by atoms with Crippen molar-refractivity contribution in [2.75, 3.05) is 20.3 Å². The van der Waals surface area contributed by atoms with Crippen molar-refractivity contribution in [2.45, 2.75) is 19.9 Å². The number of nitrogens with zero attached hydrogens (tertiary/aromatic N) is 2. The molecule has 2 rings (SSSR count). The molecule has 1 heterocycles. The highest BCUT2D eigenvalue weighted by molar-refractivity contribution is 9.10. The quantitative estimate of drug-likeness (QED) is 0.731. The lowest BCUT2D eigenvalue weighted by atomic mass is 10.1. The third-order valence-electron chi connectivity index (χ3n) is 3.34. The Labute approximate surface area is 149 Å². The van der Waals surface area contributed by atoms with Crippen molar-refractivity contribution in [3.63, 3.8) is 0 Å². The minimum atomic E-state index is -0.199. The second-order valence-electron chi connectivity index (χ2n) is 5.28. The van der Waals surface area contributed by atoms with E-state index >= 15 is 0 Å². The molecule has 0 saturated carbocycles. The molecule has 1 aromatic heterocycles. The molecule has 1 unspecified atom stereocenters. The molecule has 0 aliphatic rings. The van der Waals surface area contributed by atoms with E-state index < -0.39 is 0 Å². The lowest BCUT2D eigenvalue weighted by Crippen LogP contribution is -2.27. The fourth-order valence-corrected chi connectivity index (χ4v) is 2.48. The number of hydrogen-bond donors (Lipinski definition) is 1. The maximum atomic E-state index is 12.5. The van der Waals surface area contributed by atoms with Crippen LogP contribution >= 0.6 is 15.9 Å². The van der Waals surface area contributed by atoms with Crippen molar-refractivity contribution in [3.8, 4) is 5.75 Å². The van der Waals surface area contributed by atoms with E-state index in [4.69, 9.17) is 9.47 Å². The summed E-state index contributed by atoms with van der Waals surface area (Å²) in [4.78, 5) is 20.8. The van der Waals surface area contributed by atoms with Gasteiger partial charge in [0.2, 0.25) is 0 Å². The largest absolute Gasteiger partial charge is 0.491 e. The maximum absolute atomic E-state index is 12.5. The molecule has 2 aromatic rings. The molecular formula is C17H20BrN3O3. The summed E-state index contributed by atoms with van der Waals surface area (Å²) in [5, 5.41) is 2.93. The minimum Gasteiger partial charge on any atom is -0.491 e. The first kappa shape index (κ1) is 18.4. The Bertz CT molecular complexity index is 692. The zero-order chi connectivity index (χ0) is 17.5. The summed E-state index contributed by atoms with van der Waals surface area (Å²) in [6.45, 7) is 4.61. The van der Waals surface area contributed by atoms with Crippen LogP contribution in [-0.2, 0) is 4.74 Å². The molecule has 0 aliphatic carbocycles. The first-order valence-corrected chi connectivity index (χ1v) is 8.30. The number of hydrogen-bond acceptors (Lipinski definition) is 5. The first-order valence-electron chi connectivity index (χ1n) is 7.51. The van der Waals surface area contributed by atoms with E-state index in [-0.39, 0.29) is 11.9 Å². The molecule has 128 valence electrons. The second-order valence-corrected chi connectivity index (χ2v) is 6.19. The molecular weight excluding hydrogens is 374 g/mol. The number of aromatic nitrogens is 2. The van der Waals surface area contributed by atoms with Gasteiger partial charge in [-0.15, -0.1) is 0 Å². The smallest absolute Gasteiger partial charge is 0.251 e. The van der Waals surface area contributed by atoms with Crippen LogP contribution in [0.15, 0.2) is 35.1 Å². The average Bonchev–Trinajstić information content (AvgIpc) is 2.55. The van der Waals surface area contributed by atoms with Gasteiger partial charge in [0, 0.05) is 35.1 Å².